The molecule has 2 aromatic carbocycles. The highest BCUT2D eigenvalue weighted by Gasteiger charge is 2.46. The van der Waals surface area contributed by atoms with Crippen LogP contribution in [0.3, 0.4) is 0 Å². The van der Waals surface area contributed by atoms with E-state index >= 15 is 0 Å². The van der Waals surface area contributed by atoms with Crippen molar-refractivity contribution in [1.29, 1.82) is 0 Å². The number of ether oxygens (including phenoxy) is 5. The molecule has 1 fully saturated rings. The number of nitrogens with one attached hydrogen (secondary N) is 2. The van der Waals surface area contributed by atoms with Crippen LogP contribution in [0.15, 0.2) is 84.4 Å². The van der Waals surface area contributed by atoms with Crippen molar-refractivity contribution >= 4 is 36.3 Å². The zero-order chi connectivity index (χ0) is 52.2. The Morgan fingerprint density at radius 2 is 1.62 bits per heavy atom. The number of benzene rings is 2. The van der Waals surface area contributed by atoms with Gasteiger partial charge in [0.1, 0.15) is 36.5 Å². The van der Waals surface area contributed by atoms with Gasteiger partial charge in [-0.2, -0.15) is 36.5 Å². The molecule has 384 valence electrons. The summed E-state index contributed by atoms with van der Waals surface area (Å²) in [6.45, 7) is 8.15. The number of aryl methyl sites for hydroxylation is 1. The fourth-order valence-corrected chi connectivity index (χ4v) is 7.35. The SMILES string of the molecule is C=C/C(=C\N(CCOCCOCCOCC(=O)NCCCOc1ccc(-c2cc(C(F)(F)F)nn2C)c(O)c1-c1cncc(C(F)(F)F)c1)N=C)COc1cccc2c1C(=O)N(C1CCC(=O)NC1=O)C2=O. The minimum absolute atomic E-state index is 0.00543. The molecule has 4 heterocycles. The summed E-state index contributed by atoms with van der Waals surface area (Å²) < 4.78 is 110. The Balaban J connectivity index is 0.867. The highest BCUT2D eigenvalue weighted by molar-refractivity contribution is 6.24. The van der Waals surface area contributed by atoms with E-state index in [1.54, 1.807) is 12.3 Å². The quantitative estimate of drug-likeness (QED) is 0.0192. The van der Waals surface area contributed by atoms with Gasteiger partial charge in [0.05, 0.1) is 74.1 Å². The lowest BCUT2D eigenvalue weighted by atomic mass is 9.98. The van der Waals surface area contributed by atoms with Crippen LogP contribution in [0.1, 0.15) is 51.2 Å². The topological polar surface area (TPSA) is 225 Å². The number of phenolic OH excluding ortho intramolecular Hbond substituents is 1. The van der Waals surface area contributed by atoms with E-state index in [0.717, 1.165) is 21.8 Å². The molecular weight excluding hydrogens is 967 g/mol. The molecule has 1 atom stereocenters. The second-order valence-corrected chi connectivity index (χ2v) is 15.8. The van der Waals surface area contributed by atoms with Crippen LogP contribution in [0, 0.1) is 0 Å². The van der Waals surface area contributed by atoms with E-state index in [0.29, 0.717) is 17.8 Å². The molecule has 0 bridgehead atoms. The molecule has 0 aliphatic carbocycles. The van der Waals surface area contributed by atoms with Crippen LogP contribution in [-0.2, 0) is 48.0 Å². The summed E-state index contributed by atoms with van der Waals surface area (Å²) in [5.74, 6) is -3.67. The van der Waals surface area contributed by atoms with Gasteiger partial charge >= 0.3 is 12.4 Å². The second kappa shape index (κ2) is 24.0. The van der Waals surface area contributed by atoms with Crippen molar-refractivity contribution in [3.63, 3.8) is 0 Å². The number of alkyl halides is 6. The number of carbonyl (C=O) groups excluding carboxylic acids is 5. The molecular formula is C47H48F6N8O11. The molecule has 3 N–H and O–H groups in total. The molecule has 1 unspecified atom stereocenters. The van der Waals surface area contributed by atoms with E-state index in [1.165, 1.54) is 42.4 Å². The number of hydrogen-bond acceptors (Lipinski definition) is 15. The Hall–Kier alpha value is -7.64. The van der Waals surface area contributed by atoms with Crippen LogP contribution in [0.2, 0.25) is 0 Å². The summed E-state index contributed by atoms with van der Waals surface area (Å²) in [6, 6.07) is 7.36. The summed E-state index contributed by atoms with van der Waals surface area (Å²) in [4.78, 5) is 67.4. The highest BCUT2D eigenvalue weighted by Crippen LogP contribution is 2.46. The van der Waals surface area contributed by atoms with Crippen LogP contribution in [-0.4, -0.2) is 138 Å². The number of phenols is 1. The largest absolute Gasteiger partial charge is 0.506 e. The summed E-state index contributed by atoms with van der Waals surface area (Å²) >= 11 is 0. The van der Waals surface area contributed by atoms with Crippen LogP contribution in [0.25, 0.3) is 22.4 Å². The summed E-state index contributed by atoms with van der Waals surface area (Å²) in [6.07, 6.45) is -4.65. The van der Waals surface area contributed by atoms with Crippen LogP contribution in [0.5, 0.6) is 17.2 Å². The number of aromatic nitrogens is 3. The molecule has 0 radical (unpaired) electrons. The first-order valence-electron chi connectivity index (χ1n) is 22.0. The first kappa shape index (κ1) is 53.7. The third-order valence-corrected chi connectivity index (χ3v) is 10.9. The lowest BCUT2D eigenvalue weighted by molar-refractivity contribution is -0.141. The van der Waals surface area contributed by atoms with Gasteiger partial charge in [-0.3, -0.25) is 48.9 Å². The van der Waals surface area contributed by atoms with Crippen molar-refractivity contribution in [2.24, 2.45) is 12.1 Å². The minimum Gasteiger partial charge on any atom is -0.506 e. The van der Waals surface area contributed by atoms with Gasteiger partial charge in [0.2, 0.25) is 17.7 Å². The minimum atomic E-state index is -4.80. The molecule has 6 rings (SSSR count). The third kappa shape index (κ3) is 13.4. The Labute approximate surface area is 407 Å². The number of halogens is 6. The fourth-order valence-electron chi connectivity index (χ4n) is 7.35. The van der Waals surface area contributed by atoms with Gasteiger partial charge in [0, 0.05) is 62.0 Å². The number of aromatic hydroxyl groups is 1. The van der Waals surface area contributed by atoms with Crippen LogP contribution >= 0.6 is 0 Å². The summed E-state index contributed by atoms with van der Waals surface area (Å²) in [5, 5.41) is 25.0. The van der Waals surface area contributed by atoms with E-state index in [-0.39, 0.29) is 130 Å². The van der Waals surface area contributed by atoms with E-state index in [9.17, 15) is 55.4 Å². The standard InChI is InChI=1S/C47H48F6N8O11/c1-4-28(26-72-35-8-5-7-32-41(35)45(67)61(44(32)66)33-10-12-38(62)57-43(33)65)25-60(54-2)14-16-68-17-18-69-19-20-70-27-39(63)56-13-6-15-71-36-11-9-31(34-22-37(47(51,52)53)58-59(34)3)42(64)40(36)29-21-30(24-55-23-29)46(48,49)50/h4-5,7-9,11,21-25,33,64H,1-2,6,10,12-20,26-27H2,3H3,(H,56,63)(H,57,62,65)/b28-25+. The van der Waals surface area contributed by atoms with Crippen molar-refractivity contribution in [2.75, 3.05) is 65.9 Å². The lowest BCUT2D eigenvalue weighted by Gasteiger charge is -2.27. The zero-order valence-corrected chi connectivity index (χ0v) is 38.5. The molecule has 0 spiro atoms. The zero-order valence-electron chi connectivity index (χ0n) is 38.5. The number of hydrazone groups is 1. The molecule has 0 saturated carbocycles. The summed E-state index contributed by atoms with van der Waals surface area (Å²) in [5.41, 5.74) is -2.55. The van der Waals surface area contributed by atoms with Crippen molar-refractivity contribution in [3.05, 3.63) is 102 Å². The van der Waals surface area contributed by atoms with Gasteiger partial charge in [-0.1, -0.05) is 18.7 Å². The van der Waals surface area contributed by atoms with Crippen molar-refractivity contribution in [2.45, 2.75) is 37.7 Å². The van der Waals surface area contributed by atoms with Gasteiger partial charge in [-0.25, -0.2) is 0 Å². The van der Waals surface area contributed by atoms with E-state index in [2.05, 4.69) is 39.1 Å². The second-order valence-electron chi connectivity index (χ2n) is 15.8. The predicted octanol–water partition coefficient (Wildman–Crippen LogP) is 5.29. The number of pyridine rings is 1. The maximum Gasteiger partial charge on any atom is 0.435 e. The van der Waals surface area contributed by atoms with Crippen LogP contribution in [0.4, 0.5) is 26.3 Å². The number of rotatable bonds is 25. The lowest BCUT2D eigenvalue weighted by Crippen LogP contribution is -2.54. The number of imide groups is 2. The normalized spacial score (nSPS) is 15.1. The smallest absolute Gasteiger partial charge is 0.435 e. The number of amides is 5. The maximum atomic E-state index is 13.6. The molecule has 19 nitrogen and oxygen atoms in total. The summed E-state index contributed by atoms with van der Waals surface area (Å²) in [7, 11) is 1.22. The maximum absolute atomic E-state index is 13.6. The molecule has 2 aliphatic heterocycles. The Kier molecular flexibility index (Phi) is 17.9. The predicted molar refractivity (Wildman–Crippen MR) is 242 cm³/mol. The number of piperidine rings is 1. The molecule has 5 amide bonds. The number of fused-ring (bicyclic) bond motifs is 1. The average Bonchev–Trinajstić information content (AvgIpc) is 3.85. The Bertz CT molecular complexity index is 2710. The first-order chi connectivity index (χ1) is 34.3. The van der Waals surface area contributed by atoms with Gasteiger partial charge in [-0.15, -0.1) is 0 Å². The Morgan fingerprint density at radius 1 is 0.903 bits per heavy atom. The molecule has 2 aliphatic rings. The van der Waals surface area contributed by atoms with Crippen molar-refractivity contribution in [1.82, 2.24) is 35.3 Å². The van der Waals surface area contributed by atoms with Crippen LogP contribution < -0.4 is 20.1 Å². The van der Waals surface area contributed by atoms with Crippen molar-refractivity contribution in [3.8, 4) is 39.6 Å². The fraction of sp³-hybridized carbons (Fsp3) is 0.362. The van der Waals surface area contributed by atoms with E-state index in [1.807, 2.05) is 0 Å². The van der Waals surface area contributed by atoms with Gasteiger partial charge in [0.25, 0.3) is 11.8 Å². The molecule has 25 heteroatoms. The monoisotopic (exact) mass is 1010 g/mol. The third-order valence-electron chi connectivity index (χ3n) is 10.9. The van der Waals surface area contributed by atoms with Gasteiger partial charge < -0.3 is 34.1 Å². The first-order valence-corrected chi connectivity index (χ1v) is 22.0. The van der Waals surface area contributed by atoms with E-state index < -0.39 is 64.9 Å². The number of nitrogens with zero attached hydrogens (tertiary/aromatic N) is 6. The Morgan fingerprint density at radius 3 is 2.31 bits per heavy atom. The van der Waals surface area contributed by atoms with Gasteiger partial charge in [-0.05, 0) is 49.2 Å². The van der Waals surface area contributed by atoms with E-state index in [4.69, 9.17) is 23.7 Å². The van der Waals surface area contributed by atoms with Gasteiger partial charge in [0.15, 0.2) is 5.69 Å². The molecule has 1 saturated heterocycles. The number of carbonyl (C=O) groups is 5. The molecule has 72 heavy (non-hydrogen) atoms. The number of hydrogen-bond donors (Lipinski definition) is 3. The molecule has 4 aromatic rings. The molecule has 2 aromatic heterocycles. The van der Waals surface area contributed by atoms with Crippen molar-refractivity contribution < 1.29 is 79.1 Å². The highest BCUT2D eigenvalue weighted by atomic mass is 19.4. The average molecular weight is 1010 g/mol.